The van der Waals surface area contributed by atoms with Gasteiger partial charge in [-0.2, -0.15) is 0 Å². The molecule has 0 spiro atoms. The fraction of sp³-hybridized carbons (Fsp3) is 0.500. The lowest BCUT2D eigenvalue weighted by molar-refractivity contribution is 0.0909. The van der Waals surface area contributed by atoms with Gasteiger partial charge in [0.15, 0.2) is 5.78 Å². The molecule has 0 bridgehead atoms. The van der Waals surface area contributed by atoms with Crippen LogP contribution in [0.4, 0.5) is 5.69 Å². The van der Waals surface area contributed by atoms with Crippen LogP contribution in [0.25, 0.3) is 0 Å². The number of ketones is 1. The second kappa shape index (κ2) is 5.54. The van der Waals surface area contributed by atoms with Crippen LogP contribution in [0.5, 0.6) is 0 Å². The Morgan fingerprint density at radius 2 is 1.82 bits per heavy atom. The minimum atomic E-state index is 0.154. The molecule has 0 heterocycles. The molecule has 1 saturated carbocycles. The lowest BCUT2D eigenvalue weighted by Gasteiger charge is -2.14. The van der Waals surface area contributed by atoms with Crippen molar-refractivity contribution in [2.24, 2.45) is 5.92 Å². The average Bonchev–Trinajstić information content (AvgIpc) is 2.56. The highest BCUT2D eigenvalue weighted by atomic mass is 35.5. The second-order valence-corrected chi connectivity index (χ2v) is 5.22. The van der Waals surface area contributed by atoms with E-state index in [1.165, 1.54) is 12.8 Å². The van der Waals surface area contributed by atoms with Gasteiger partial charge in [-0.3, -0.25) is 4.79 Å². The number of hydrogen-bond donors (Lipinski definition) is 1. The van der Waals surface area contributed by atoms with Crippen LogP contribution in [0.15, 0.2) is 18.2 Å². The molecule has 92 valence electrons. The maximum atomic E-state index is 12.4. The van der Waals surface area contributed by atoms with Gasteiger partial charge in [0.05, 0.1) is 0 Å². The predicted octanol–water partition coefficient (Wildman–Crippen LogP) is 4.08. The minimum absolute atomic E-state index is 0.154. The van der Waals surface area contributed by atoms with Crippen LogP contribution in [0, 0.1) is 5.92 Å². The van der Waals surface area contributed by atoms with Gasteiger partial charge in [0, 0.05) is 22.2 Å². The largest absolute Gasteiger partial charge is 0.398 e. The molecule has 2 rings (SSSR count). The van der Waals surface area contributed by atoms with E-state index >= 15 is 0 Å². The van der Waals surface area contributed by atoms with Gasteiger partial charge >= 0.3 is 0 Å². The summed E-state index contributed by atoms with van der Waals surface area (Å²) in [5.74, 6) is 0.349. The van der Waals surface area contributed by atoms with Crippen molar-refractivity contribution in [1.82, 2.24) is 0 Å². The van der Waals surface area contributed by atoms with Crippen LogP contribution in [-0.4, -0.2) is 5.78 Å². The van der Waals surface area contributed by atoms with Gasteiger partial charge in [0.2, 0.25) is 0 Å². The highest BCUT2D eigenvalue weighted by Gasteiger charge is 2.22. The van der Waals surface area contributed by atoms with Crippen LogP contribution in [0.2, 0.25) is 5.02 Å². The van der Waals surface area contributed by atoms with Crippen molar-refractivity contribution in [3.63, 3.8) is 0 Å². The number of carbonyl (C=O) groups excluding carboxylic acids is 1. The molecule has 0 aliphatic heterocycles. The molecule has 1 aromatic rings. The zero-order valence-electron chi connectivity index (χ0n) is 9.92. The van der Waals surface area contributed by atoms with Gasteiger partial charge in [-0.25, -0.2) is 0 Å². The van der Waals surface area contributed by atoms with Gasteiger partial charge in [0.1, 0.15) is 0 Å². The molecule has 17 heavy (non-hydrogen) atoms. The maximum absolute atomic E-state index is 12.4. The summed E-state index contributed by atoms with van der Waals surface area (Å²) in [7, 11) is 0. The van der Waals surface area contributed by atoms with E-state index in [4.69, 9.17) is 17.3 Å². The first-order valence-electron chi connectivity index (χ1n) is 6.27. The molecular formula is C14H18ClNO. The standard InChI is InChI=1S/C14H18ClNO/c15-11-7-8-12(13(16)9-11)14(17)10-5-3-1-2-4-6-10/h7-10H,1-6,16H2. The van der Waals surface area contributed by atoms with Crippen molar-refractivity contribution in [2.75, 3.05) is 5.73 Å². The Morgan fingerprint density at radius 3 is 2.41 bits per heavy atom. The van der Waals surface area contributed by atoms with Gasteiger partial charge in [-0.15, -0.1) is 0 Å². The quantitative estimate of drug-likeness (QED) is 0.489. The first-order chi connectivity index (χ1) is 8.18. The van der Waals surface area contributed by atoms with Crippen molar-refractivity contribution in [2.45, 2.75) is 38.5 Å². The van der Waals surface area contributed by atoms with E-state index in [2.05, 4.69) is 0 Å². The molecule has 2 N–H and O–H groups in total. The fourth-order valence-electron chi connectivity index (χ4n) is 2.52. The molecule has 0 aromatic heterocycles. The Bertz CT molecular complexity index is 409. The summed E-state index contributed by atoms with van der Waals surface area (Å²) < 4.78 is 0. The molecule has 1 aliphatic rings. The number of nitrogens with two attached hydrogens (primary N) is 1. The Balaban J connectivity index is 2.17. The maximum Gasteiger partial charge on any atom is 0.168 e. The summed E-state index contributed by atoms with van der Waals surface area (Å²) in [6.45, 7) is 0. The number of nitrogen functional groups attached to an aromatic ring is 1. The molecule has 0 saturated heterocycles. The Kier molecular flexibility index (Phi) is 4.06. The number of rotatable bonds is 2. The minimum Gasteiger partial charge on any atom is -0.398 e. The fourth-order valence-corrected chi connectivity index (χ4v) is 2.70. The van der Waals surface area contributed by atoms with Crippen molar-refractivity contribution in [3.8, 4) is 0 Å². The van der Waals surface area contributed by atoms with Crippen molar-refractivity contribution in [1.29, 1.82) is 0 Å². The summed E-state index contributed by atoms with van der Waals surface area (Å²) in [6, 6.07) is 5.15. The lowest BCUT2D eigenvalue weighted by Crippen LogP contribution is -2.15. The van der Waals surface area contributed by atoms with Crippen LogP contribution in [-0.2, 0) is 0 Å². The third-order valence-electron chi connectivity index (χ3n) is 3.51. The van der Waals surface area contributed by atoms with Crippen molar-refractivity contribution >= 4 is 23.1 Å². The van der Waals surface area contributed by atoms with Crippen LogP contribution < -0.4 is 5.73 Å². The first kappa shape index (κ1) is 12.4. The molecule has 0 amide bonds. The zero-order chi connectivity index (χ0) is 12.3. The molecule has 0 radical (unpaired) electrons. The summed E-state index contributed by atoms with van der Waals surface area (Å²) in [5.41, 5.74) is 7.01. The predicted molar refractivity (Wildman–Crippen MR) is 71.4 cm³/mol. The SMILES string of the molecule is Nc1cc(Cl)ccc1C(=O)C1CCCCCC1. The van der Waals surface area contributed by atoms with Crippen molar-refractivity contribution in [3.05, 3.63) is 28.8 Å². The molecule has 1 aromatic carbocycles. The highest BCUT2D eigenvalue weighted by Crippen LogP contribution is 2.28. The first-order valence-corrected chi connectivity index (χ1v) is 6.65. The number of hydrogen-bond acceptors (Lipinski definition) is 2. The molecule has 3 heteroatoms. The summed E-state index contributed by atoms with van der Waals surface area (Å²) in [6.07, 6.45) is 6.81. The molecule has 0 unspecified atom stereocenters. The van der Waals surface area contributed by atoms with Gasteiger partial charge < -0.3 is 5.73 Å². The van der Waals surface area contributed by atoms with Gasteiger partial charge in [-0.05, 0) is 31.0 Å². The van der Waals surface area contributed by atoms with Crippen LogP contribution in [0.1, 0.15) is 48.9 Å². The third-order valence-corrected chi connectivity index (χ3v) is 3.74. The Hall–Kier alpha value is -1.02. The lowest BCUT2D eigenvalue weighted by atomic mass is 9.90. The molecule has 1 aliphatic carbocycles. The van der Waals surface area contributed by atoms with E-state index in [-0.39, 0.29) is 11.7 Å². The number of carbonyl (C=O) groups is 1. The molecule has 0 atom stereocenters. The number of benzene rings is 1. The van der Waals surface area contributed by atoms with E-state index in [1.807, 2.05) is 0 Å². The summed E-state index contributed by atoms with van der Waals surface area (Å²) >= 11 is 5.84. The zero-order valence-corrected chi connectivity index (χ0v) is 10.7. The van der Waals surface area contributed by atoms with E-state index in [0.29, 0.717) is 16.3 Å². The van der Waals surface area contributed by atoms with E-state index in [0.717, 1.165) is 25.7 Å². The monoisotopic (exact) mass is 251 g/mol. The van der Waals surface area contributed by atoms with E-state index in [9.17, 15) is 4.79 Å². The summed E-state index contributed by atoms with van der Waals surface area (Å²) in [5, 5.41) is 0.583. The normalized spacial score (nSPS) is 17.7. The Morgan fingerprint density at radius 1 is 1.18 bits per heavy atom. The highest BCUT2D eigenvalue weighted by molar-refractivity contribution is 6.31. The smallest absolute Gasteiger partial charge is 0.168 e. The third kappa shape index (κ3) is 3.01. The Labute approximate surface area is 107 Å². The van der Waals surface area contributed by atoms with Crippen LogP contribution >= 0.6 is 11.6 Å². The number of Topliss-reactive ketones (excluding diaryl/α,β-unsaturated/α-hetero) is 1. The number of anilines is 1. The van der Waals surface area contributed by atoms with Gasteiger partial charge in [0.25, 0.3) is 0 Å². The van der Waals surface area contributed by atoms with Crippen LogP contribution in [0.3, 0.4) is 0 Å². The van der Waals surface area contributed by atoms with Crippen molar-refractivity contribution < 1.29 is 4.79 Å². The molecule has 2 nitrogen and oxygen atoms in total. The molecule has 1 fully saturated rings. The topological polar surface area (TPSA) is 43.1 Å². The molecular weight excluding hydrogens is 234 g/mol. The van der Waals surface area contributed by atoms with E-state index in [1.54, 1.807) is 18.2 Å². The van der Waals surface area contributed by atoms with E-state index < -0.39 is 0 Å². The second-order valence-electron chi connectivity index (χ2n) is 4.78. The van der Waals surface area contributed by atoms with Gasteiger partial charge in [-0.1, -0.05) is 37.3 Å². The summed E-state index contributed by atoms with van der Waals surface area (Å²) in [4.78, 5) is 12.4. The average molecular weight is 252 g/mol. The number of halogens is 1.